The van der Waals surface area contributed by atoms with Gasteiger partial charge in [-0.25, -0.2) is 16.8 Å². The highest BCUT2D eigenvalue weighted by Crippen LogP contribution is 2.27. The van der Waals surface area contributed by atoms with Crippen LogP contribution in [0.25, 0.3) is 0 Å². The number of benzene rings is 1. The van der Waals surface area contributed by atoms with Gasteiger partial charge in [-0.3, -0.25) is 9.48 Å². The molecule has 0 bridgehead atoms. The minimum atomic E-state index is -3.74. The third kappa shape index (κ3) is 4.57. The fourth-order valence-electron chi connectivity index (χ4n) is 4.38. The van der Waals surface area contributed by atoms with Gasteiger partial charge in [0, 0.05) is 46.3 Å². The van der Waals surface area contributed by atoms with Crippen LogP contribution in [0.5, 0.6) is 0 Å². The van der Waals surface area contributed by atoms with E-state index >= 15 is 0 Å². The lowest BCUT2D eigenvalue weighted by atomic mass is 9.98. The summed E-state index contributed by atoms with van der Waals surface area (Å²) in [6.07, 6.45) is 2.55. The molecule has 4 rings (SSSR count). The number of rotatable bonds is 5. The molecule has 1 amide bonds. The number of carbonyl (C=O) groups is 1. The fourth-order valence-corrected chi connectivity index (χ4v) is 7.53. The molecule has 1 unspecified atom stereocenters. The van der Waals surface area contributed by atoms with Crippen LogP contribution in [0.2, 0.25) is 0 Å². The van der Waals surface area contributed by atoms with Crippen LogP contribution in [-0.2, 0) is 31.9 Å². The van der Waals surface area contributed by atoms with Crippen LogP contribution >= 0.6 is 0 Å². The predicted octanol–water partition coefficient (Wildman–Crippen LogP) is 0.662. The lowest BCUT2D eigenvalue weighted by Gasteiger charge is -2.38. The normalized spacial score (nSPS) is 21.3. The Kier molecular flexibility index (Phi) is 6.63. The number of amides is 1. The Morgan fingerprint density at radius 2 is 1.61 bits per heavy atom. The summed E-state index contributed by atoms with van der Waals surface area (Å²) in [6, 6.07) is 8.26. The van der Waals surface area contributed by atoms with E-state index in [9.17, 15) is 21.6 Å². The second kappa shape index (κ2) is 9.16. The van der Waals surface area contributed by atoms with Crippen molar-refractivity contribution < 1.29 is 21.6 Å². The van der Waals surface area contributed by atoms with Crippen molar-refractivity contribution in [2.75, 3.05) is 39.3 Å². The van der Waals surface area contributed by atoms with Gasteiger partial charge in [0.1, 0.15) is 4.90 Å². The molecule has 180 valence electrons. The van der Waals surface area contributed by atoms with E-state index in [1.165, 1.54) is 19.5 Å². The Balaban J connectivity index is 1.40. The fraction of sp³-hybridized carbons (Fsp3) is 0.524. The molecule has 12 heteroatoms. The number of nitrogens with zero attached hydrogens (tertiary/aromatic N) is 5. The first kappa shape index (κ1) is 23.9. The maximum atomic E-state index is 13.2. The summed E-state index contributed by atoms with van der Waals surface area (Å²) in [5.41, 5.74) is 0.555. The largest absolute Gasteiger partial charge is 0.340 e. The zero-order chi connectivity index (χ0) is 23.8. The van der Waals surface area contributed by atoms with E-state index in [1.54, 1.807) is 49.2 Å². The van der Waals surface area contributed by atoms with E-state index < -0.39 is 26.0 Å². The van der Waals surface area contributed by atoms with Crippen molar-refractivity contribution in [2.24, 2.45) is 13.0 Å². The van der Waals surface area contributed by atoms with Crippen LogP contribution in [0.15, 0.2) is 46.3 Å². The van der Waals surface area contributed by atoms with E-state index in [-0.39, 0.29) is 48.4 Å². The van der Waals surface area contributed by atoms with Gasteiger partial charge in [0.05, 0.1) is 22.7 Å². The van der Waals surface area contributed by atoms with Gasteiger partial charge in [-0.1, -0.05) is 18.2 Å². The summed E-state index contributed by atoms with van der Waals surface area (Å²) < 4.78 is 56.2. The average molecular weight is 496 g/mol. The van der Waals surface area contributed by atoms with Gasteiger partial charge in [-0.05, 0) is 31.9 Å². The molecule has 0 N–H and O–H groups in total. The molecule has 0 aliphatic carbocycles. The first-order valence-corrected chi connectivity index (χ1v) is 13.8. The number of hydrogen-bond donors (Lipinski definition) is 0. The Bertz CT molecular complexity index is 1220. The molecule has 2 aliphatic heterocycles. The first-order valence-electron chi connectivity index (χ1n) is 10.9. The molecule has 1 aromatic carbocycles. The van der Waals surface area contributed by atoms with Crippen LogP contribution < -0.4 is 0 Å². The molecule has 0 radical (unpaired) electrons. The minimum absolute atomic E-state index is 0.116. The Hall–Kier alpha value is -2.28. The molecule has 0 saturated carbocycles. The molecule has 33 heavy (non-hydrogen) atoms. The molecule has 3 heterocycles. The van der Waals surface area contributed by atoms with Crippen LogP contribution in [-0.4, -0.2) is 85.3 Å². The van der Waals surface area contributed by atoms with Crippen molar-refractivity contribution in [1.29, 1.82) is 0 Å². The van der Waals surface area contributed by atoms with Gasteiger partial charge in [0.25, 0.3) is 0 Å². The number of aryl methyl sites for hydroxylation is 1. The molecule has 1 aromatic heterocycles. The summed E-state index contributed by atoms with van der Waals surface area (Å²) >= 11 is 0. The van der Waals surface area contributed by atoms with Crippen molar-refractivity contribution >= 4 is 26.0 Å². The second-order valence-electron chi connectivity index (χ2n) is 8.46. The third-order valence-corrected chi connectivity index (χ3v) is 10.4. The van der Waals surface area contributed by atoms with Crippen LogP contribution in [0.3, 0.4) is 0 Å². The number of hydrogen-bond acceptors (Lipinski definition) is 6. The summed E-state index contributed by atoms with van der Waals surface area (Å²) in [7, 11) is -5.64. The van der Waals surface area contributed by atoms with Gasteiger partial charge in [-0.2, -0.15) is 13.7 Å². The molecule has 2 aliphatic rings. The quantitative estimate of drug-likeness (QED) is 0.602. The van der Waals surface area contributed by atoms with E-state index in [2.05, 4.69) is 5.10 Å². The monoisotopic (exact) mass is 495 g/mol. The first-order chi connectivity index (χ1) is 15.6. The van der Waals surface area contributed by atoms with Gasteiger partial charge in [0.15, 0.2) is 0 Å². The Morgan fingerprint density at radius 3 is 2.21 bits per heavy atom. The van der Waals surface area contributed by atoms with Crippen molar-refractivity contribution in [2.45, 2.75) is 29.6 Å². The van der Waals surface area contributed by atoms with Crippen LogP contribution in [0.1, 0.15) is 18.5 Å². The van der Waals surface area contributed by atoms with E-state index in [0.29, 0.717) is 25.1 Å². The van der Waals surface area contributed by atoms with Gasteiger partial charge < -0.3 is 4.90 Å². The zero-order valence-electron chi connectivity index (χ0n) is 18.8. The smallest absolute Gasteiger partial charge is 0.246 e. The number of piperazine rings is 1. The van der Waals surface area contributed by atoms with Gasteiger partial charge >= 0.3 is 0 Å². The average Bonchev–Trinajstić information content (AvgIpc) is 3.18. The van der Waals surface area contributed by atoms with E-state index in [4.69, 9.17) is 0 Å². The topological polar surface area (TPSA) is 113 Å². The summed E-state index contributed by atoms with van der Waals surface area (Å²) in [4.78, 5) is 15.2. The SMILES string of the molecule is Cc1c(S(=O)(=O)N2CCCC(C(=O)N3CCN(S(=O)(=O)c4ccccc4)CC3)C2)cnn1C. The molecular weight excluding hydrogens is 466 g/mol. The zero-order valence-corrected chi connectivity index (χ0v) is 20.4. The highest BCUT2D eigenvalue weighted by Gasteiger charge is 2.38. The van der Waals surface area contributed by atoms with Crippen molar-refractivity contribution in [3.63, 3.8) is 0 Å². The molecule has 2 fully saturated rings. The van der Waals surface area contributed by atoms with Crippen molar-refractivity contribution in [1.82, 2.24) is 23.3 Å². The maximum Gasteiger partial charge on any atom is 0.246 e. The van der Waals surface area contributed by atoms with Crippen molar-refractivity contribution in [3.05, 3.63) is 42.2 Å². The van der Waals surface area contributed by atoms with Crippen LogP contribution in [0, 0.1) is 12.8 Å². The lowest BCUT2D eigenvalue weighted by molar-refractivity contribution is -0.137. The van der Waals surface area contributed by atoms with Crippen molar-refractivity contribution in [3.8, 4) is 0 Å². The van der Waals surface area contributed by atoms with Gasteiger partial charge in [0.2, 0.25) is 26.0 Å². The molecule has 10 nitrogen and oxygen atoms in total. The highest BCUT2D eigenvalue weighted by molar-refractivity contribution is 7.89. The molecule has 2 saturated heterocycles. The predicted molar refractivity (Wildman–Crippen MR) is 121 cm³/mol. The molecular formula is C21H29N5O5S2. The second-order valence-corrected chi connectivity index (χ2v) is 12.3. The molecule has 2 aromatic rings. The summed E-state index contributed by atoms with van der Waals surface area (Å²) in [5.74, 6) is -0.558. The Labute approximate surface area is 194 Å². The number of aromatic nitrogens is 2. The summed E-state index contributed by atoms with van der Waals surface area (Å²) in [5, 5.41) is 4.04. The standard InChI is InChI=1S/C21H29N5O5S2/c1-17-20(15-22-23(17)2)33(30,31)26-10-6-7-18(16-26)21(27)24-11-13-25(14-12-24)32(28,29)19-8-4-3-5-9-19/h3-5,8-9,15,18H,6-7,10-14,16H2,1-2H3. The molecule has 1 atom stereocenters. The van der Waals surface area contributed by atoms with Gasteiger partial charge in [-0.15, -0.1) is 0 Å². The minimum Gasteiger partial charge on any atom is -0.340 e. The van der Waals surface area contributed by atoms with E-state index in [1.807, 2.05) is 0 Å². The summed E-state index contributed by atoms with van der Waals surface area (Å²) in [6.45, 7) is 3.20. The number of sulfonamides is 2. The van der Waals surface area contributed by atoms with Crippen LogP contribution in [0.4, 0.5) is 0 Å². The molecule has 0 spiro atoms. The maximum absolute atomic E-state index is 13.2. The highest BCUT2D eigenvalue weighted by atomic mass is 32.2. The Morgan fingerprint density at radius 1 is 0.939 bits per heavy atom. The third-order valence-electron chi connectivity index (χ3n) is 6.47. The van der Waals surface area contributed by atoms with E-state index in [0.717, 1.165) is 0 Å². The number of piperidine rings is 1. The lowest BCUT2D eigenvalue weighted by Crippen LogP contribution is -2.54. The number of carbonyl (C=O) groups excluding carboxylic acids is 1.